The van der Waals surface area contributed by atoms with Gasteiger partial charge in [-0.25, -0.2) is 28.2 Å². The number of amides is 1. The monoisotopic (exact) mass is 624 g/mol. The normalized spacial score (nSPS) is 15.6. The number of thiazole rings is 1. The molecule has 43 heavy (non-hydrogen) atoms. The van der Waals surface area contributed by atoms with Crippen molar-refractivity contribution >= 4 is 49.3 Å². The van der Waals surface area contributed by atoms with Gasteiger partial charge in [-0.3, -0.25) is 10.2 Å². The number of carboxylic acid groups (broad SMARTS) is 1. The molecule has 5 rings (SSSR count). The predicted molar refractivity (Wildman–Crippen MR) is 169 cm³/mol. The third-order valence-electron chi connectivity index (χ3n) is 7.19. The van der Waals surface area contributed by atoms with E-state index in [4.69, 9.17) is 5.11 Å². The van der Waals surface area contributed by atoms with Crippen LogP contribution in [0.25, 0.3) is 22.0 Å². The van der Waals surface area contributed by atoms with Gasteiger partial charge in [0.1, 0.15) is 12.1 Å². The summed E-state index contributed by atoms with van der Waals surface area (Å²) in [5, 5.41) is 15.6. The fraction of sp³-hybridized carbons (Fsp3) is 0.379. The number of fused-ring (bicyclic) bond motifs is 1. The minimum Gasteiger partial charge on any atom is -0.465 e. The first kappa shape index (κ1) is 30.8. The number of piperazine rings is 1. The topological polar surface area (TPSA) is 144 Å². The molecule has 3 heterocycles. The van der Waals surface area contributed by atoms with Crippen molar-refractivity contribution in [3.05, 3.63) is 60.0 Å². The first-order valence-corrected chi connectivity index (χ1v) is 16.2. The van der Waals surface area contributed by atoms with E-state index in [0.29, 0.717) is 32.7 Å². The number of aryl methyl sites for hydroxylation is 1. The number of benzene rings is 2. The van der Waals surface area contributed by atoms with Gasteiger partial charge in [-0.15, -0.1) is 0 Å². The summed E-state index contributed by atoms with van der Waals surface area (Å²) in [4.78, 5) is 28.6. The number of nitrogens with one attached hydrogen (secondary N) is 2. The predicted octanol–water partition coefficient (Wildman–Crippen LogP) is 4.02. The van der Waals surface area contributed by atoms with Gasteiger partial charge in [0.25, 0.3) is 10.0 Å². The largest absolute Gasteiger partial charge is 0.465 e. The SMILES string of the molecule is Cc1nc(NC(=O)O)sc1S(=O)(=O)N1CCN(C[C@H](C)Nc2ncnc3c(-c4cccc(CN(C)C)c4)cccc23)CC1. The Bertz CT molecular complexity index is 1720. The van der Waals surface area contributed by atoms with Crippen LogP contribution in [0, 0.1) is 6.92 Å². The zero-order valence-corrected chi connectivity index (χ0v) is 26.2. The molecule has 0 spiro atoms. The maximum Gasteiger partial charge on any atom is 0.410 e. The molecule has 0 saturated carbocycles. The highest BCUT2D eigenvalue weighted by atomic mass is 32.2. The Kier molecular flexibility index (Phi) is 9.22. The highest BCUT2D eigenvalue weighted by Gasteiger charge is 2.32. The van der Waals surface area contributed by atoms with E-state index in [1.54, 1.807) is 13.3 Å². The summed E-state index contributed by atoms with van der Waals surface area (Å²) < 4.78 is 28.1. The molecule has 14 heteroatoms. The van der Waals surface area contributed by atoms with Gasteiger partial charge < -0.3 is 15.3 Å². The molecule has 12 nitrogen and oxygen atoms in total. The van der Waals surface area contributed by atoms with Crippen LogP contribution < -0.4 is 10.6 Å². The van der Waals surface area contributed by atoms with Crippen LogP contribution in [0.4, 0.5) is 15.7 Å². The Hall–Kier alpha value is -3.69. The lowest BCUT2D eigenvalue weighted by atomic mass is 10.00. The second-order valence-electron chi connectivity index (χ2n) is 10.9. The van der Waals surface area contributed by atoms with Crippen molar-refractivity contribution < 1.29 is 18.3 Å². The molecular weight excluding hydrogens is 589 g/mol. The molecule has 228 valence electrons. The Morgan fingerprint density at radius 1 is 1.12 bits per heavy atom. The maximum absolute atomic E-state index is 13.3. The lowest BCUT2D eigenvalue weighted by Gasteiger charge is -2.35. The number of hydrogen-bond acceptors (Lipinski definition) is 10. The van der Waals surface area contributed by atoms with Crippen molar-refractivity contribution in [3.63, 3.8) is 0 Å². The molecule has 4 aromatic rings. The summed E-state index contributed by atoms with van der Waals surface area (Å²) >= 11 is 0.834. The van der Waals surface area contributed by atoms with Crippen molar-refractivity contribution in [1.82, 2.24) is 29.1 Å². The Morgan fingerprint density at radius 3 is 2.58 bits per heavy atom. The third kappa shape index (κ3) is 7.11. The van der Waals surface area contributed by atoms with Crippen LogP contribution in [-0.4, -0.2) is 102 Å². The highest BCUT2D eigenvalue weighted by Crippen LogP contribution is 2.32. The molecule has 1 atom stereocenters. The minimum absolute atomic E-state index is 0.0433. The zero-order chi connectivity index (χ0) is 30.7. The molecule has 0 unspecified atom stereocenters. The van der Waals surface area contributed by atoms with Gasteiger partial charge in [-0.1, -0.05) is 41.7 Å². The number of rotatable bonds is 10. The van der Waals surface area contributed by atoms with Crippen molar-refractivity contribution in [2.75, 3.05) is 57.5 Å². The van der Waals surface area contributed by atoms with Gasteiger partial charge >= 0.3 is 6.09 Å². The molecule has 0 bridgehead atoms. The summed E-state index contributed by atoms with van der Waals surface area (Å²) in [5.74, 6) is 0.761. The molecule has 1 fully saturated rings. The molecule has 3 N–H and O–H groups in total. The minimum atomic E-state index is -3.77. The summed E-state index contributed by atoms with van der Waals surface area (Å²) in [7, 11) is 0.340. The van der Waals surface area contributed by atoms with E-state index < -0.39 is 16.1 Å². The lowest BCUT2D eigenvalue weighted by molar-refractivity contribution is 0.184. The van der Waals surface area contributed by atoms with E-state index in [9.17, 15) is 13.2 Å². The van der Waals surface area contributed by atoms with Crippen molar-refractivity contribution in [3.8, 4) is 11.1 Å². The highest BCUT2D eigenvalue weighted by molar-refractivity contribution is 7.91. The number of para-hydroxylation sites is 1. The van der Waals surface area contributed by atoms with Gasteiger partial charge in [0.2, 0.25) is 0 Å². The van der Waals surface area contributed by atoms with Crippen LogP contribution >= 0.6 is 11.3 Å². The second kappa shape index (κ2) is 12.9. The van der Waals surface area contributed by atoms with E-state index >= 15 is 0 Å². The number of anilines is 2. The maximum atomic E-state index is 13.3. The summed E-state index contributed by atoms with van der Waals surface area (Å²) in [6.07, 6.45) is 0.308. The van der Waals surface area contributed by atoms with E-state index in [2.05, 4.69) is 86.7 Å². The van der Waals surface area contributed by atoms with Crippen molar-refractivity contribution in [2.24, 2.45) is 0 Å². The second-order valence-corrected chi connectivity index (χ2v) is 14.1. The summed E-state index contributed by atoms with van der Waals surface area (Å²) in [6.45, 7) is 7.03. The van der Waals surface area contributed by atoms with Crippen LogP contribution in [0.1, 0.15) is 18.2 Å². The Morgan fingerprint density at radius 2 is 1.86 bits per heavy atom. The molecule has 1 saturated heterocycles. The van der Waals surface area contributed by atoms with Gasteiger partial charge in [0.05, 0.1) is 11.2 Å². The number of sulfonamides is 1. The van der Waals surface area contributed by atoms with Gasteiger partial charge in [-0.2, -0.15) is 4.31 Å². The van der Waals surface area contributed by atoms with Crippen LogP contribution in [-0.2, 0) is 16.6 Å². The molecular formula is C29H36N8O4S2. The number of aromatic nitrogens is 3. The van der Waals surface area contributed by atoms with Crippen molar-refractivity contribution in [1.29, 1.82) is 0 Å². The van der Waals surface area contributed by atoms with Crippen LogP contribution in [0.15, 0.2) is 53.0 Å². The fourth-order valence-electron chi connectivity index (χ4n) is 5.34. The number of carbonyl (C=O) groups is 1. The molecule has 2 aromatic heterocycles. The molecule has 1 amide bonds. The Balaban J connectivity index is 1.24. The fourth-order valence-corrected chi connectivity index (χ4v) is 8.30. The molecule has 2 aromatic carbocycles. The smallest absolute Gasteiger partial charge is 0.410 e. The average molecular weight is 625 g/mol. The first-order chi connectivity index (χ1) is 20.5. The summed E-state index contributed by atoms with van der Waals surface area (Å²) in [5.41, 5.74) is 4.56. The number of hydrogen-bond donors (Lipinski definition) is 3. The van der Waals surface area contributed by atoms with E-state index in [-0.39, 0.29) is 21.1 Å². The van der Waals surface area contributed by atoms with Gasteiger partial charge in [0, 0.05) is 56.3 Å². The Labute approximate surface area is 255 Å². The quantitative estimate of drug-likeness (QED) is 0.237. The standard InChI is InChI=1S/C29H36N8O4S2/c1-19(16-36-11-13-37(14-12-36)43(40,41)27-20(2)33-28(42-27)34-29(38)39)32-26-24-10-6-9-23(25(24)30-18-31-26)22-8-5-7-21(15-22)17-35(3)4/h5-10,15,18-19H,11-14,16-17H2,1-4H3,(H,33,34)(H,38,39)(H,30,31,32)/t19-/m0/s1. The van der Waals surface area contributed by atoms with Gasteiger partial charge in [0.15, 0.2) is 9.34 Å². The van der Waals surface area contributed by atoms with Crippen LogP contribution in [0.2, 0.25) is 0 Å². The lowest BCUT2D eigenvalue weighted by Crippen LogP contribution is -2.50. The van der Waals surface area contributed by atoms with Crippen LogP contribution in [0.3, 0.4) is 0 Å². The molecule has 0 radical (unpaired) electrons. The van der Waals surface area contributed by atoms with Gasteiger partial charge in [-0.05, 0) is 51.2 Å². The van der Waals surface area contributed by atoms with E-state index in [1.807, 2.05) is 12.1 Å². The average Bonchev–Trinajstić information content (AvgIpc) is 3.33. The summed E-state index contributed by atoms with van der Waals surface area (Å²) in [6, 6.07) is 14.7. The molecule has 1 aliphatic heterocycles. The zero-order valence-electron chi connectivity index (χ0n) is 24.6. The molecule has 0 aliphatic carbocycles. The number of nitrogens with zero attached hydrogens (tertiary/aromatic N) is 6. The van der Waals surface area contributed by atoms with E-state index in [0.717, 1.165) is 45.7 Å². The first-order valence-electron chi connectivity index (χ1n) is 14.0. The van der Waals surface area contributed by atoms with Crippen LogP contribution in [0.5, 0.6) is 0 Å². The van der Waals surface area contributed by atoms with E-state index in [1.165, 1.54) is 9.87 Å². The van der Waals surface area contributed by atoms with Crippen molar-refractivity contribution in [2.45, 2.75) is 30.6 Å². The molecule has 1 aliphatic rings. The third-order valence-corrected chi connectivity index (χ3v) is 10.7.